The first kappa shape index (κ1) is 14.6. The molecule has 23 heavy (non-hydrogen) atoms. The number of halogens is 1. The molecule has 2 aromatic carbocycles. The van der Waals surface area contributed by atoms with Gasteiger partial charge in [0.2, 0.25) is 0 Å². The Hall–Kier alpha value is -1.98. The molecule has 0 amide bonds. The Morgan fingerprint density at radius 3 is 2.96 bits per heavy atom. The summed E-state index contributed by atoms with van der Waals surface area (Å²) in [5.41, 5.74) is 4.75. The number of ketones is 1. The number of fused-ring (bicyclic) bond motifs is 3. The lowest BCUT2D eigenvalue weighted by Crippen LogP contribution is -2.09. The van der Waals surface area contributed by atoms with E-state index in [2.05, 4.69) is 20.9 Å². The van der Waals surface area contributed by atoms with Crippen molar-refractivity contribution in [2.24, 2.45) is 0 Å². The van der Waals surface area contributed by atoms with Crippen molar-refractivity contribution in [2.75, 3.05) is 7.11 Å². The van der Waals surface area contributed by atoms with Crippen molar-refractivity contribution in [3.05, 3.63) is 63.1 Å². The van der Waals surface area contributed by atoms with Gasteiger partial charge in [-0.15, -0.1) is 11.3 Å². The van der Waals surface area contributed by atoms with Gasteiger partial charge >= 0.3 is 0 Å². The number of nitrogens with zero attached hydrogens (tertiary/aromatic N) is 1. The van der Waals surface area contributed by atoms with Crippen LogP contribution in [0.2, 0.25) is 0 Å². The summed E-state index contributed by atoms with van der Waals surface area (Å²) in [4.78, 5) is 17.1. The predicted molar refractivity (Wildman–Crippen MR) is 96.3 cm³/mol. The van der Waals surface area contributed by atoms with E-state index in [1.165, 1.54) is 11.3 Å². The van der Waals surface area contributed by atoms with E-state index in [4.69, 9.17) is 4.74 Å². The van der Waals surface area contributed by atoms with E-state index in [0.717, 1.165) is 48.6 Å². The molecule has 4 rings (SSSR count). The summed E-state index contributed by atoms with van der Waals surface area (Å²) in [6.45, 7) is 0. The molecular formula is C18H12BrNO2S. The molecule has 0 radical (unpaired) electrons. The summed E-state index contributed by atoms with van der Waals surface area (Å²) < 4.78 is 7.04. The Bertz CT molecular complexity index is 974. The van der Waals surface area contributed by atoms with E-state index in [9.17, 15) is 4.79 Å². The molecule has 0 N–H and O–H groups in total. The van der Waals surface area contributed by atoms with E-state index in [0.29, 0.717) is 0 Å². The van der Waals surface area contributed by atoms with Crippen molar-refractivity contribution in [1.82, 2.24) is 4.98 Å². The van der Waals surface area contributed by atoms with Crippen molar-refractivity contribution >= 4 is 48.8 Å². The quantitative estimate of drug-likeness (QED) is 0.630. The van der Waals surface area contributed by atoms with Crippen molar-refractivity contribution in [2.45, 2.75) is 6.42 Å². The molecule has 0 atom stereocenters. The lowest BCUT2D eigenvalue weighted by molar-refractivity contribution is 0.104. The summed E-state index contributed by atoms with van der Waals surface area (Å²) in [5, 5.41) is 0. The summed E-state index contributed by atoms with van der Waals surface area (Å²) >= 11 is 4.91. The van der Waals surface area contributed by atoms with Gasteiger partial charge in [-0.3, -0.25) is 4.79 Å². The molecule has 3 nitrogen and oxygen atoms in total. The maximum atomic E-state index is 12.7. The van der Waals surface area contributed by atoms with Crippen molar-refractivity contribution < 1.29 is 9.53 Å². The van der Waals surface area contributed by atoms with Crippen LogP contribution in [-0.4, -0.2) is 17.9 Å². The molecule has 5 heteroatoms. The topological polar surface area (TPSA) is 39.2 Å². The van der Waals surface area contributed by atoms with Gasteiger partial charge in [0.1, 0.15) is 5.75 Å². The van der Waals surface area contributed by atoms with Gasteiger partial charge in [0.25, 0.3) is 0 Å². The number of ether oxygens (including phenoxy) is 1. The fraction of sp³-hybridized carbons (Fsp3) is 0.111. The first-order chi connectivity index (χ1) is 11.2. The summed E-state index contributed by atoms with van der Waals surface area (Å²) in [7, 11) is 1.65. The molecule has 1 aromatic heterocycles. The van der Waals surface area contributed by atoms with Gasteiger partial charge in [-0.25, -0.2) is 4.98 Å². The smallest absolute Gasteiger partial charge is 0.187 e. The second-order valence-electron chi connectivity index (χ2n) is 5.36. The van der Waals surface area contributed by atoms with E-state index in [1.807, 2.05) is 36.4 Å². The van der Waals surface area contributed by atoms with Gasteiger partial charge < -0.3 is 4.74 Å². The highest BCUT2D eigenvalue weighted by atomic mass is 79.9. The van der Waals surface area contributed by atoms with E-state index >= 15 is 0 Å². The van der Waals surface area contributed by atoms with Crippen LogP contribution in [0.4, 0.5) is 0 Å². The average molecular weight is 386 g/mol. The zero-order valence-corrected chi connectivity index (χ0v) is 14.7. The molecule has 0 spiro atoms. The van der Waals surface area contributed by atoms with Crippen LogP contribution in [0.3, 0.4) is 0 Å². The number of hydrogen-bond acceptors (Lipinski definition) is 4. The Balaban J connectivity index is 1.82. The van der Waals surface area contributed by atoms with E-state index in [1.54, 1.807) is 13.2 Å². The van der Waals surface area contributed by atoms with Gasteiger partial charge in [0.15, 0.2) is 9.70 Å². The van der Waals surface area contributed by atoms with Gasteiger partial charge in [0, 0.05) is 5.56 Å². The Labute approximate surface area is 145 Å². The SMILES string of the molecule is COc1cccc(C2=CC(=O)c3c(ccc4nc(Br)sc34)C2)c1. The van der Waals surface area contributed by atoms with E-state index in [-0.39, 0.29) is 5.78 Å². The van der Waals surface area contributed by atoms with Crippen molar-refractivity contribution in [1.29, 1.82) is 0 Å². The van der Waals surface area contributed by atoms with Crippen LogP contribution >= 0.6 is 27.3 Å². The summed E-state index contributed by atoms with van der Waals surface area (Å²) in [6, 6.07) is 11.8. The zero-order valence-electron chi connectivity index (χ0n) is 12.3. The van der Waals surface area contributed by atoms with Crippen LogP contribution in [0.25, 0.3) is 15.8 Å². The number of aromatic nitrogens is 1. The molecule has 3 aromatic rings. The van der Waals surface area contributed by atoms with Crippen LogP contribution in [0.1, 0.15) is 21.5 Å². The molecular weight excluding hydrogens is 374 g/mol. The number of carbonyl (C=O) groups excluding carboxylic acids is 1. The van der Waals surface area contributed by atoms with Crippen LogP contribution in [0.5, 0.6) is 5.75 Å². The molecule has 0 fully saturated rings. The minimum Gasteiger partial charge on any atom is -0.497 e. The number of hydrogen-bond donors (Lipinski definition) is 0. The maximum Gasteiger partial charge on any atom is 0.187 e. The third kappa shape index (κ3) is 2.50. The minimum absolute atomic E-state index is 0.0471. The number of allylic oxidation sites excluding steroid dienone is 2. The molecule has 1 aliphatic carbocycles. The van der Waals surface area contributed by atoms with Gasteiger partial charge in [-0.1, -0.05) is 18.2 Å². The second-order valence-corrected chi connectivity index (χ2v) is 7.63. The Kier molecular flexibility index (Phi) is 3.54. The van der Waals surface area contributed by atoms with Crippen LogP contribution in [0.15, 0.2) is 46.4 Å². The summed E-state index contributed by atoms with van der Waals surface area (Å²) in [6.07, 6.45) is 2.48. The largest absolute Gasteiger partial charge is 0.497 e. The fourth-order valence-corrected chi connectivity index (χ4v) is 4.46. The van der Waals surface area contributed by atoms with Crippen LogP contribution in [0, 0.1) is 0 Å². The Morgan fingerprint density at radius 2 is 2.13 bits per heavy atom. The average Bonchev–Trinajstić information content (AvgIpc) is 2.94. The number of benzene rings is 2. The molecule has 0 unspecified atom stereocenters. The first-order valence-electron chi connectivity index (χ1n) is 7.13. The van der Waals surface area contributed by atoms with Crippen molar-refractivity contribution in [3.8, 4) is 5.75 Å². The lowest BCUT2D eigenvalue weighted by atomic mass is 9.87. The first-order valence-corrected chi connectivity index (χ1v) is 8.74. The van der Waals surface area contributed by atoms with Gasteiger partial charge in [-0.05, 0) is 63.3 Å². The van der Waals surface area contributed by atoms with E-state index < -0.39 is 0 Å². The third-order valence-corrected chi connectivity index (χ3v) is 5.53. The lowest BCUT2D eigenvalue weighted by Gasteiger charge is -2.17. The standard InChI is InChI=1S/C18H12BrNO2S/c1-22-13-4-2-3-10(8-13)12-7-11-5-6-14-17(23-18(19)20-14)16(11)15(21)9-12/h2-6,8-9H,7H2,1H3. The highest BCUT2D eigenvalue weighted by molar-refractivity contribution is 9.11. The molecule has 0 saturated carbocycles. The second kappa shape index (κ2) is 5.58. The number of thiazole rings is 1. The van der Waals surface area contributed by atoms with Crippen LogP contribution in [-0.2, 0) is 6.42 Å². The molecule has 0 bridgehead atoms. The normalized spacial score (nSPS) is 13.8. The zero-order chi connectivity index (χ0) is 16.0. The van der Waals surface area contributed by atoms with Crippen LogP contribution < -0.4 is 4.74 Å². The molecule has 1 heterocycles. The highest BCUT2D eigenvalue weighted by Crippen LogP contribution is 2.36. The molecule has 114 valence electrons. The minimum atomic E-state index is 0.0471. The van der Waals surface area contributed by atoms with Crippen molar-refractivity contribution in [3.63, 3.8) is 0 Å². The Morgan fingerprint density at radius 1 is 1.26 bits per heavy atom. The summed E-state index contributed by atoms with van der Waals surface area (Å²) in [5.74, 6) is 0.842. The molecule has 0 aliphatic heterocycles. The molecule has 0 saturated heterocycles. The molecule has 1 aliphatic rings. The number of carbonyl (C=O) groups is 1. The third-order valence-electron chi connectivity index (χ3n) is 3.99. The number of rotatable bonds is 2. The monoisotopic (exact) mass is 385 g/mol. The predicted octanol–water partition coefficient (Wildman–Crippen LogP) is 4.89. The van der Waals surface area contributed by atoms with Gasteiger partial charge in [0.05, 0.1) is 17.3 Å². The maximum absolute atomic E-state index is 12.7. The fourth-order valence-electron chi connectivity index (χ4n) is 2.92. The van der Waals surface area contributed by atoms with Gasteiger partial charge in [-0.2, -0.15) is 0 Å². The highest BCUT2D eigenvalue weighted by Gasteiger charge is 2.23. The number of methoxy groups -OCH3 is 1.